The first-order valence-corrected chi connectivity index (χ1v) is 6.65. The number of halogens is 1. The van der Waals surface area contributed by atoms with Crippen LogP contribution in [0.2, 0.25) is 5.02 Å². The highest BCUT2D eigenvalue weighted by Gasteiger charge is 2.20. The maximum Gasteiger partial charge on any atom is 0.179 e. The number of aliphatic hydroxyl groups is 1. The predicted molar refractivity (Wildman–Crippen MR) is 71.9 cm³/mol. The molecule has 0 saturated carbocycles. The molecule has 3 N–H and O–H groups in total. The summed E-state index contributed by atoms with van der Waals surface area (Å²) in [5, 5.41) is 9.25. The van der Waals surface area contributed by atoms with Crippen molar-refractivity contribution in [2.24, 2.45) is 5.73 Å². The van der Waals surface area contributed by atoms with Gasteiger partial charge in [0.1, 0.15) is 13.2 Å². The van der Waals surface area contributed by atoms with Gasteiger partial charge in [-0.3, -0.25) is 0 Å². The second-order valence-electron chi connectivity index (χ2n) is 4.20. The average Bonchev–Trinajstić information content (AvgIpc) is 2.44. The second kappa shape index (κ2) is 6.96. The van der Waals surface area contributed by atoms with Crippen LogP contribution in [-0.2, 0) is 4.74 Å². The van der Waals surface area contributed by atoms with Crippen molar-refractivity contribution < 1.29 is 19.3 Å². The summed E-state index contributed by atoms with van der Waals surface area (Å²) < 4.78 is 16.6. The molecule has 0 amide bonds. The lowest BCUT2D eigenvalue weighted by molar-refractivity contribution is 0.0485. The summed E-state index contributed by atoms with van der Waals surface area (Å²) >= 11 is 6.17. The van der Waals surface area contributed by atoms with Gasteiger partial charge in [-0.1, -0.05) is 11.6 Å². The minimum Gasteiger partial charge on any atom is -0.486 e. The molecule has 1 aromatic rings. The van der Waals surface area contributed by atoms with E-state index in [0.717, 1.165) is 5.56 Å². The predicted octanol–water partition coefficient (Wildman–Crippen LogP) is 1.51. The first-order chi connectivity index (χ1) is 9.26. The van der Waals surface area contributed by atoms with E-state index in [1.165, 1.54) is 0 Å². The van der Waals surface area contributed by atoms with Gasteiger partial charge in [-0.2, -0.15) is 0 Å². The van der Waals surface area contributed by atoms with Crippen LogP contribution in [0.25, 0.3) is 0 Å². The maximum absolute atomic E-state index is 8.76. The molecule has 0 spiro atoms. The van der Waals surface area contributed by atoms with Gasteiger partial charge in [0.25, 0.3) is 0 Å². The minimum absolute atomic E-state index is 0.0964. The normalized spacial score (nSPS) is 15.3. The number of fused-ring (bicyclic) bond motifs is 1. The Balaban J connectivity index is 2.16. The van der Waals surface area contributed by atoms with E-state index < -0.39 is 0 Å². The summed E-state index contributed by atoms with van der Waals surface area (Å²) in [7, 11) is 0. The van der Waals surface area contributed by atoms with E-state index >= 15 is 0 Å². The van der Waals surface area contributed by atoms with Crippen molar-refractivity contribution in [1.82, 2.24) is 0 Å². The second-order valence-corrected chi connectivity index (χ2v) is 4.61. The highest BCUT2D eigenvalue weighted by molar-refractivity contribution is 6.32. The molecule has 1 aliphatic rings. The summed E-state index contributed by atoms with van der Waals surface area (Å²) in [6.45, 7) is 1.88. The Kier molecular flexibility index (Phi) is 5.27. The molecule has 1 heterocycles. The summed E-state index contributed by atoms with van der Waals surface area (Å²) in [5.74, 6) is 1.20. The Morgan fingerprint density at radius 2 is 2.16 bits per heavy atom. The molecule has 0 bridgehead atoms. The molecule has 1 unspecified atom stereocenters. The number of ether oxygens (including phenoxy) is 3. The Morgan fingerprint density at radius 3 is 2.89 bits per heavy atom. The molecule has 0 aliphatic carbocycles. The van der Waals surface area contributed by atoms with Gasteiger partial charge in [-0.05, 0) is 24.1 Å². The lowest BCUT2D eigenvalue weighted by Gasteiger charge is -2.23. The molecule has 1 aromatic carbocycles. The van der Waals surface area contributed by atoms with Crippen LogP contribution in [0.5, 0.6) is 11.5 Å². The fourth-order valence-electron chi connectivity index (χ4n) is 1.91. The van der Waals surface area contributed by atoms with Crippen LogP contribution in [0.1, 0.15) is 18.1 Å². The van der Waals surface area contributed by atoms with Crippen LogP contribution in [0.4, 0.5) is 0 Å². The zero-order valence-electron chi connectivity index (χ0n) is 10.6. The van der Waals surface area contributed by atoms with E-state index in [1.807, 2.05) is 6.07 Å². The number of rotatable bonds is 6. The van der Waals surface area contributed by atoms with Crippen molar-refractivity contribution in [3.8, 4) is 11.5 Å². The van der Waals surface area contributed by atoms with E-state index in [4.69, 9.17) is 36.7 Å². The lowest BCUT2D eigenvalue weighted by atomic mass is 10.1. The molecule has 0 radical (unpaired) electrons. The monoisotopic (exact) mass is 287 g/mol. The molecule has 106 valence electrons. The van der Waals surface area contributed by atoms with Crippen LogP contribution in [0, 0.1) is 0 Å². The molecule has 19 heavy (non-hydrogen) atoms. The fraction of sp³-hybridized carbons (Fsp3) is 0.538. The summed E-state index contributed by atoms with van der Waals surface area (Å²) in [6, 6.07) is 3.63. The molecular formula is C13H18ClNO4. The topological polar surface area (TPSA) is 73.9 Å². The molecule has 0 aromatic heterocycles. The molecule has 1 atom stereocenters. The zero-order chi connectivity index (χ0) is 13.7. The standard InChI is InChI=1S/C13H18ClNO4/c14-10-6-9(12(8-15)17-3-1-2-16)7-11-13(10)19-5-4-18-11/h6-7,12,16H,1-5,8,15H2. The third-order valence-electron chi connectivity index (χ3n) is 2.83. The molecule has 2 rings (SSSR count). The average molecular weight is 288 g/mol. The van der Waals surface area contributed by atoms with Gasteiger partial charge in [0.15, 0.2) is 11.5 Å². The van der Waals surface area contributed by atoms with Gasteiger partial charge in [-0.25, -0.2) is 0 Å². The summed E-state index contributed by atoms with van der Waals surface area (Å²) in [5.41, 5.74) is 6.57. The van der Waals surface area contributed by atoms with Gasteiger partial charge < -0.3 is 25.1 Å². The maximum atomic E-state index is 8.76. The number of aliphatic hydroxyl groups excluding tert-OH is 1. The van der Waals surface area contributed by atoms with Crippen molar-refractivity contribution in [3.63, 3.8) is 0 Å². The Bertz CT molecular complexity index is 427. The number of hydrogen-bond acceptors (Lipinski definition) is 5. The highest BCUT2D eigenvalue weighted by Crippen LogP contribution is 2.40. The third-order valence-corrected chi connectivity index (χ3v) is 3.11. The summed E-state index contributed by atoms with van der Waals surface area (Å²) in [4.78, 5) is 0. The fourth-order valence-corrected chi connectivity index (χ4v) is 2.18. The van der Waals surface area contributed by atoms with Crippen LogP contribution < -0.4 is 15.2 Å². The number of nitrogens with two attached hydrogens (primary N) is 1. The third kappa shape index (κ3) is 3.51. The largest absolute Gasteiger partial charge is 0.486 e. The van der Waals surface area contributed by atoms with E-state index in [0.29, 0.717) is 49.3 Å². The molecule has 6 heteroatoms. The molecule has 0 saturated heterocycles. The first-order valence-electron chi connectivity index (χ1n) is 6.28. The van der Waals surface area contributed by atoms with Crippen molar-refractivity contribution in [2.45, 2.75) is 12.5 Å². The van der Waals surface area contributed by atoms with Crippen molar-refractivity contribution in [2.75, 3.05) is 33.0 Å². The van der Waals surface area contributed by atoms with E-state index in [2.05, 4.69) is 0 Å². The van der Waals surface area contributed by atoms with Gasteiger partial charge in [0.2, 0.25) is 0 Å². The van der Waals surface area contributed by atoms with Crippen molar-refractivity contribution >= 4 is 11.6 Å². The van der Waals surface area contributed by atoms with Crippen LogP contribution in [0.15, 0.2) is 12.1 Å². The molecular weight excluding hydrogens is 270 g/mol. The Labute approximate surface area is 117 Å². The molecule has 1 aliphatic heterocycles. The minimum atomic E-state index is -0.264. The number of hydrogen-bond donors (Lipinski definition) is 2. The van der Waals surface area contributed by atoms with E-state index in [-0.39, 0.29) is 12.7 Å². The van der Waals surface area contributed by atoms with Gasteiger partial charge in [0.05, 0.1) is 11.1 Å². The molecule has 5 nitrogen and oxygen atoms in total. The Morgan fingerprint density at radius 1 is 1.37 bits per heavy atom. The zero-order valence-corrected chi connectivity index (χ0v) is 11.4. The van der Waals surface area contributed by atoms with Gasteiger partial charge >= 0.3 is 0 Å². The SMILES string of the molecule is NCC(OCCCO)c1cc(Cl)c2c(c1)OCCO2. The van der Waals surface area contributed by atoms with Crippen LogP contribution >= 0.6 is 11.6 Å². The van der Waals surface area contributed by atoms with Crippen LogP contribution in [-0.4, -0.2) is 38.1 Å². The molecule has 0 fully saturated rings. The van der Waals surface area contributed by atoms with E-state index in [9.17, 15) is 0 Å². The van der Waals surface area contributed by atoms with Gasteiger partial charge in [-0.15, -0.1) is 0 Å². The van der Waals surface area contributed by atoms with Crippen LogP contribution in [0.3, 0.4) is 0 Å². The van der Waals surface area contributed by atoms with Crippen molar-refractivity contribution in [1.29, 1.82) is 0 Å². The number of benzene rings is 1. The van der Waals surface area contributed by atoms with Gasteiger partial charge in [0, 0.05) is 19.8 Å². The highest BCUT2D eigenvalue weighted by atomic mass is 35.5. The quantitative estimate of drug-likeness (QED) is 0.776. The summed E-state index contributed by atoms with van der Waals surface area (Å²) in [6.07, 6.45) is 0.314. The first kappa shape index (κ1) is 14.4. The van der Waals surface area contributed by atoms with E-state index in [1.54, 1.807) is 6.07 Å². The Hall–Kier alpha value is -1.01. The lowest BCUT2D eigenvalue weighted by Crippen LogP contribution is -2.19. The van der Waals surface area contributed by atoms with Crippen molar-refractivity contribution in [3.05, 3.63) is 22.7 Å². The smallest absolute Gasteiger partial charge is 0.179 e.